The molecule has 2 N–H and O–H groups in total. The van der Waals surface area contributed by atoms with Crippen molar-refractivity contribution < 1.29 is 18.3 Å². The molecule has 5 nitrogen and oxygen atoms in total. The summed E-state index contributed by atoms with van der Waals surface area (Å²) in [5.41, 5.74) is 0.0784. The molecule has 1 aliphatic heterocycles. The molecule has 1 heterocycles. The van der Waals surface area contributed by atoms with Crippen molar-refractivity contribution in [2.45, 2.75) is 36.8 Å². The van der Waals surface area contributed by atoms with Crippen LogP contribution < -0.4 is 4.72 Å². The first-order valence-electron chi connectivity index (χ1n) is 6.37. The van der Waals surface area contributed by atoms with Crippen LogP contribution in [0.3, 0.4) is 0 Å². The summed E-state index contributed by atoms with van der Waals surface area (Å²) in [7, 11) is -3.63. The van der Waals surface area contributed by atoms with Crippen molar-refractivity contribution in [2.24, 2.45) is 0 Å². The monoisotopic (exact) mass is 363 g/mol. The molecule has 1 aromatic carbocycles. The lowest BCUT2D eigenvalue weighted by Gasteiger charge is -2.34. The Morgan fingerprint density at radius 3 is 2.80 bits per heavy atom. The third kappa shape index (κ3) is 3.59. The predicted octanol–water partition coefficient (Wildman–Crippen LogP) is 1.79. The number of halogens is 1. The van der Waals surface area contributed by atoms with Gasteiger partial charge in [0.15, 0.2) is 0 Å². The van der Waals surface area contributed by atoms with Crippen LogP contribution in [0, 0.1) is 0 Å². The molecule has 1 aromatic rings. The van der Waals surface area contributed by atoms with Crippen molar-refractivity contribution in [2.75, 3.05) is 13.2 Å². The van der Waals surface area contributed by atoms with Gasteiger partial charge in [-0.2, -0.15) is 0 Å². The third-order valence-corrected chi connectivity index (χ3v) is 5.90. The maximum absolute atomic E-state index is 12.5. The Hall–Kier alpha value is -0.470. The van der Waals surface area contributed by atoms with Crippen LogP contribution in [0.4, 0.5) is 0 Å². The number of ether oxygens (including phenoxy) is 1. The van der Waals surface area contributed by atoms with E-state index >= 15 is 0 Å². The fourth-order valence-corrected chi connectivity index (χ4v) is 4.80. The van der Waals surface area contributed by atoms with Crippen molar-refractivity contribution >= 4 is 26.0 Å². The average Bonchev–Trinajstić information content (AvgIpc) is 2.37. The van der Waals surface area contributed by atoms with Gasteiger partial charge in [0, 0.05) is 11.1 Å². The molecule has 112 valence electrons. The summed E-state index contributed by atoms with van der Waals surface area (Å²) in [5, 5.41) is 9.06. The van der Waals surface area contributed by atoms with E-state index in [9.17, 15) is 8.42 Å². The Labute approximate surface area is 127 Å². The minimum atomic E-state index is -3.63. The van der Waals surface area contributed by atoms with Gasteiger partial charge in [-0.3, -0.25) is 0 Å². The quantitative estimate of drug-likeness (QED) is 0.854. The summed E-state index contributed by atoms with van der Waals surface area (Å²) in [6, 6.07) is 4.69. The van der Waals surface area contributed by atoms with Crippen LogP contribution in [-0.2, 0) is 21.4 Å². The lowest BCUT2D eigenvalue weighted by molar-refractivity contribution is 0.0386. The van der Waals surface area contributed by atoms with E-state index in [1.54, 1.807) is 12.1 Å². The number of nitrogens with one attached hydrogen (secondary N) is 1. The molecule has 1 aliphatic rings. The standard InChI is InChI=1S/C13H18BrNO4S/c1-13(5-2-6-19-9-13)15-20(17,18)12-4-3-10(8-16)7-11(12)14/h3-4,7,15-16H,2,5-6,8-9H2,1H3. The van der Waals surface area contributed by atoms with Crippen molar-refractivity contribution in [3.8, 4) is 0 Å². The lowest BCUT2D eigenvalue weighted by atomic mass is 9.97. The Balaban J connectivity index is 2.26. The highest BCUT2D eigenvalue weighted by atomic mass is 79.9. The van der Waals surface area contributed by atoms with Crippen molar-refractivity contribution in [3.05, 3.63) is 28.2 Å². The highest BCUT2D eigenvalue weighted by Crippen LogP contribution is 2.26. The molecule has 1 saturated heterocycles. The van der Waals surface area contributed by atoms with Gasteiger partial charge in [-0.25, -0.2) is 13.1 Å². The van der Waals surface area contributed by atoms with Gasteiger partial charge in [0.1, 0.15) is 0 Å². The first-order valence-corrected chi connectivity index (χ1v) is 8.65. The largest absolute Gasteiger partial charge is 0.392 e. The summed E-state index contributed by atoms with van der Waals surface area (Å²) in [6.45, 7) is 2.77. The van der Waals surface area contributed by atoms with Crippen LogP contribution >= 0.6 is 15.9 Å². The zero-order chi connectivity index (χ0) is 14.8. The molecule has 2 rings (SSSR count). The van der Waals surface area contributed by atoms with E-state index in [4.69, 9.17) is 9.84 Å². The van der Waals surface area contributed by atoms with Crippen LogP contribution in [-0.4, -0.2) is 32.3 Å². The van der Waals surface area contributed by atoms with Gasteiger partial charge < -0.3 is 9.84 Å². The van der Waals surface area contributed by atoms with E-state index in [-0.39, 0.29) is 11.5 Å². The van der Waals surface area contributed by atoms with Gasteiger partial charge in [-0.05, 0) is 53.4 Å². The molecule has 1 unspecified atom stereocenters. The Kier molecular flexibility index (Phi) is 4.86. The molecule has 0 radical (unpaired) electrons. The van der Waals surface area contributed by atoms with Gasteiger partial charge in [-0.15, -0.1) is 0 Å². The normalized spacial score (nSPS) is 23.8. The van der Waals surface area contributed by atoms with Gasteiger partial charge in [0.25, 0.3) is 0 Å². The number of sulfonamides is 1. The second kappa shape index (κ2) is 6.11. The van der Waals surface area contributed by atoms with E-state index in [1.807, 2.05) is 6.92 Å². The van der Waals surface area contributed by atoms with Gasteiger partial charge in [0.05, 0.1) is 23.6 Å². The van der Waals surface area contributed by atoms with Crippen LogP contribution in [0.15, 0.2) is 27.6 Å². The number of aliphatic hydroxyl groups excluding tert-OH is 1. The fraction of sp³-hybridized carbons (Fsp3) is 0.538. The Bertz CT molecular complexity index is 582. The number of hydrogen-bond donors (Lipinski definition) is 2. The summed E-state index contributed by atoms with van der Waals surface area (Å²) in [6.07, 6.45) is 1.59. The summed E-state index contributed by atoms with van der Waals surface area (Å²) in [4.78, 5) is 0.168. The number of benzene rings is 1. The molecule has 20 heavy (non-hydrogen) atoms. The molecule has 1 atom stereocenters. The second-order valence-corrected chi connectivity index (χ2v) is 7.75. The first-order chi connectivity index (χ1) is 9.36. The van der Waals surface area contributed by atoms with Gasteiger partial charge >= 0.3 is 0 Å². The average molecular weight is 364 g/mol. The minimum absolute atomic E-state index is 0.127. The van der Waals surface area contributed by atoms with Crippen molar-refractivity contribution in [1.82, 2.24) is 4.72 Å². The van der Waals surface area contributed by atoms with Crippen LogP contribution in [0.5, 0.6) is 0 Å². The molecule has 1 fully saturated rings. The van der Waals surface area contributed by atoms with Gasteiger partial charge in [-0.1, -0.05) is 6.07 Å². The predicted molar refractivity (Wildman–Crippen MR) is 78.8 cm³/mol. The minimum Gasteiger partial charge on any atom is -0.392 e. The number of rotatable bonds is 4. The van der Waals surface area contributed by atoms with E-state index < -0.39 is 15.6 Å². The van der Waals surface area contributed by atoms with Crippen molar-refractivity contribution in [1.29, 1.82) is 0 Å². The molecule has 0 amide bonds. The van der Waals surface area contributed by atoms with Crippen molar-refractivity contribution in [3.63, 3.8) is 0 Å². The van der Waals surface area contributed by atoms with E-state index in [0.29, 0.717) is 23.2 Å². The molecule has 0 aliphatic carbocycles. The van der Waals surface area contributed by atoms with Crippen LogP contribution in [0.2, 0.25) is 0 Å². The zero-order valence-electron chi connectivity index (χ0n) is 11.2. The van der Waals surface area contributed by atoms with Crippen LogP contribution in [0.1, 0.15) is 25.3 Å². The highest BCUT2D eigenvalue weighted by Gasteiger charge is 2.33. The Morgan fingerprint density at radius 2 is 2.25 bits per heavy atom. The summed E-state index contributed by atoms with van der Waals surface area (Å²) in [5.74, 6) is 0. The zero-order valence-corrected chi connectivity index (χ0v) is 13.6. The first kappa shape index (κ1) is 15.9. The smallest absolute Gasteiger partial charge is 0.242 e. The summed E-state index contributed by atoms with van der Waals surface area (Å²) >= 11 is 3.24. The topological polar surface area (TPSA) is 75.6 Å². The molecular weight excluding hydrogens is 346 g/mol. The molecule has 0 aromatic heterocycles. The second-order valence-electron chi connectivity index (χ2n) is 5.25. The molecular formula is C13H18BrNO4S. The number of aliphatic hydroxyl groups is 1. The number of hydrogen-bond acceptors (Lipinski definition) is 4. The lowest BCUT2D eigenvalue weighted by Crippen LogP contribution is -2.51. The maximum atomic E-state index is 12.5. The van der Waals surface area contributed by atoms with Gasteiger partial charge in [0.2, 0.25) is 10.0 Å². The summed E-state index contributed by atoms with van der Waals surface area (Å²) < 4.78 is 33.5. The SMILES string of the molecule is CC1(NS(=O)(=O)c2ccc(CO)cc2Br)CCCOC1. The molecule has 0 bridgehead atoms. The van der Waals surface area contributed by atoms with E-state index in [2.05, 4.69) is 20.7 Å². The third-order valence-electron chi connectivity index (χ3n) is 3.29. The molecule has 0 spiro atoms. The molecule has 7 heteroatoms. The Morgan fingerprint density at radius 1 is 1.50 bits per heavy atom. The van der Waals surface area contributed by atoms with E-state index in [1.165, 1.54) is 6.07 Å². The fourth-order valence-electron chi connectivity index (χ4n) is 2.25. The molecule has 0 saturated carbocycles. The van der Waals surface area contributed by atoms with E-state index in [0.717, 1.165) is 12.8 Å². The maximum Gasteiger partial charge on any atom is 0.242 e. The van der Waals surface area contributed by atoms with Crippen LogP contribution in [0.25, 0.3) is 0 Å². The highest BCUT2D eigenvalue weighted by molar-refractivity contribution is 9.10.